The normalized spacial score (nSPS) is 12.4. The van der Waals surface area contributed by atoms with Crippen molar-refractivity contribution in [2.45, 2.75) is 45.8 Å². The van der Waals surface area contributed by atoms with E-state index < -0.39 is 45.8 Å². The van der Waals surface area contributed by atoms with Gasteiger partial charge in [0.15, 0.2) is 0 Å². The van der Waals surface area contributed by atoms with Crippen molar-refractivity contribution in [3.63, 3.8) is 0 Å². The monoisotopic (exact) mass is 523 g/mol. The zero-order valence-corrected chi connectivity index (χ0v) is 22.5. The summed E-state index contributed by atoms with van der Waals surface area (Å²) in [7, 11) is -1.10. The molecule has 0 aliphatic heterocycles. The molecule has 0 heterocycles. The Bertz CT molecular complexity index is 1180. The maximum Gasteiger partial charge on any atom is 0.244 e. The maximum absolute atomic E-state index is 13.6. The predicted molar refractivity (Wildman–Crippen MR) is 136 cm³/mol. The summed E-state index contributed by atoms with van der Waals surface area (Å²) in [6.45, 7) is 6.37. The van der Waals surface area contributed by atoms with Crippen LogP contribution in [-0.4, -0.2) is 63.7 Å². The molecule has 2 amide bonds. The van der Waals surface area contributed by atoms with E-state index >= 15 is 0 Å². The Hall–Kier alpha value is -3.34. The molecule has 0 aromatic heterocycles. The van der Waals surface area contributed by atoms with Crippen molar-refractivity contribution < 1.29 is 31.9 Å². The van der Waals surface area contributed by atoms with Crippen LogP contribution in [0.5, 0.6) is 11.5 Å². The van der Waals surface area contributed by atoms with Crippen LogP contribution >= 0.6 is 0 Å². The minimum atomic E-state index is -3.94. The van der Waals surface area contributed by atoms with Gasteiger partial charge in [-0.1, -0.05) is 12.1 Å². The van der Waals surface area contributed by atoms with Crippen molar-refractivity contribution in [1.29, 1.82) is 0 Å². The second-order valence-corrected chi connectivity index (χ2v) is 11.3. The second-order valence-electron chi connectivity index (χ2n) is 9.37. The molecule has 0 saturated carbocycles. The number of sulfonamides is 1. The minimum absolute atomic E-state index is 0.0325. The molecule has 0 spiro atoms. The first-order valence-electron chi connectivity index (χ1n) is 11.2. The highest BCUT2D eigenvalue weighted by Gasteiger charge is 2.32. The number of rotatable bonds is 10. The van der Waals surface area contributed by atoms with Crippen molar-refractivity contribution in [1.82, 2.24) is 10.2 Å². The number of halogens is 1. The molecular weight excluding hydrogens is 489 g/mol. The van der Waals surface area contributed by atoms with Gasteiger partial charge in [0, 0.05) is 18.2 Å². The molecular formula is C25H34FN3O6S. The van der Waals surface area contributed by atoms with E-state index in [0.29, 0.717) is 11.3 Å². The van der Waals surface area contributed by atoms with Crippen LogP contribution < -0.4 is 19.1 Å². The zero-order valence-electron chi connectivity index (χ0n) is 21.7. The van der Waals surface area contributed by atoms with E-state index in [1.165, 1.54) is 55.5 Å². The highest BCUT2D eigenvalue weighted by molar-refractivity contribution is 7.92. The molecule has 0 bridgehead atoms. The summed E-state index contributed by atoms with van der Waals surface area (Å²) in [5, 5.41) is 2.84. The van der Waals surface area contributed by atoms with Crippen LogP contribution in [0.4, 0.5) is 10.1 Å². The van der Waals surface area contributed by atoms with Crippen LogP contribution in [0.15, 0.2) is 42.5 Å². The SMILES string of the molecule is COc1ccc(N(CC(=O)N(Cc2ccc(F)cc2)[C@@H](C)C(=O)NC(C)(C)C)S(C)(=O)=O)c(OC)c1. The van der Waals surface area contributed by atoms with E-state index in [1.54, 1.807) is 13.0 Å². The fourth-order valence-electron chi connectivity index (χ4n) is 3.43. The Morgan fingerprint density at radius 3 is 2.17 bits per heavy atom. The van der Waals surface area contributed by atoms with Gasteiger partial charge >= 0.3 is 0 Å². The van der Waals surface area contributed by atoms with Gasteiger partial charge in [0.05, 0.1) is 26.2 Å². The first-order chi connectivity index (χ1) is 16.7. The number of nitrogens with zero attached hydrogens (tertiary/aromatic N) is 2. The molecule has 0 saturated heterocycles. The fraction of sp³-hybridized carbons (Fsp3) is 0.440. The molecule has 0 unspecified atom stereocenters. The molecule has 0 fully saturated rings. The zero-order chi connectivity index (χ0) is 27.3. The number of carbonyl (C=O) groups is 2. The summed E-state index contributed by atoms with van der Waals surface area (Å²) in [6, 6.07) is 9.11. The van der Waals surface area contributed by atoms with E-state index in [-0.39, 0.29) is 18.0 Å². The molecule has 2 aromatic carbocycles. The topological polar surface area (TPSA) is 105 Å². The number of hydrogen-bond donors (Lipinski definition) is 1. The molecule has 1 atom stereocenters. The first-order valence-corrected chi connectivity index (χ1v) is 13.1. The molecule has 36 heavy (non-hydrogen) atoms. The van der Waals surface area contributed by atoms with Gasteiger partial charge in [0.1, 0.15) is 29.9 Å². The van der Waals surface area contributed by atoms with Crippen LogP contribution in [0.1, 0.15) is 33.3 Å². The van der Waals surface area contributed by atoms with Crippen LogP contribution in [0.25, 0.3) is 0 Å². The summed E-state index contributed by atoms with van der Waals surface area (Å²) in [4.78, 5) is 27.8. The largest absolute Gasteiger partial charge is 0.497 e. The van der Waals surface area contributed by atoms with Crippen LogP contribution in [0.3, 0.4) is 0 Å². The molecule has 2 aromatic rings. The Balaban J connectivity index is 2.47. The average Bonchev–Trinajstić information content (AvgIpc) is 2.79. The Labute approximate surface area is 212 Å². The third kappa shape index (κ3) is 7.84. The lowest BCUT2D eigenvalue weighted by Gasteiger charge is -2.33. The number of ether oxygens (including phenoxy) is 2. The van der Waals surface area contributed by atoms with E-state index in [4.69, 9.17) is 9.47 Å². The van der Waals surface area contributed by atoms with Crippen molar-refractivity contribution in [3.05, 3.63) is 53.8 Å². The number of hydrogen-bond acceptors (Lipinski definition) is 6. The quantitative estimate of drug-likeness (QED) is 0.514. The molecule has 0 aliphatic carbocycles. The van der Waals surface area contributed by atoms with Crippen LogP contribution in [0.2, 0.25) is 0 Å². The Morgan fingerprint density at radius 2 is 1.67 bits per heavy atom. The summed E-state index contributed by atoms with van der Waals surface area (Å²) in [5.41, 5.74) is 0.168. The maximum atomic E-state index is 13.6. The molecule has 2 rings (SSSR count). The second kappa shape index (κ2) is 11.6. The summed E-state index contributed by atoms with van der Waals surface area (Å²) < 4.78 is 50.4. The average molecular weight is 524 g/mol. The highest BCUT2D eigenvalue weighted by atomic mass is 32.2. The molecule has 11 heteroatoms. The lowest BCUT2D eigenvalue weighted by atomic mass is 10.1. The lowest BCUT2D eigenvalue weighted by Crippen LogP contribution is -2.54. The van der Waals surface area contributed by atoms with Crippen LogP contribution in [-0.2, 0) is 26.2 Å². The Morgan fingerprint density at radius 1 is 1.06 bits per heavy atom. The number of amides is 2. The Kier molecular flexibility index (Phi) is 9.31. The van der Waals surface area contributed by atoms with Gasteiger partial charge in [-0.3, -0.25) is 13.9 Å². The molecule has 0 aliphatic rings. The summed E-state index contributed by atoms with van der Waals surface area (Å²) >= 11 is 0. The molecule has 1 N–H and O–H groups in total. The molecule has 198 valence electrons. The fourth-order valence-corrected chi connectivity index (χ4v) is 4.28. The van der Waals surface area contributed by atoms with Crippen molar-refractivity contribution in [2.75, 3.05) is 31.3 Å². The number of benzene rings is 2. The van der Waals surface area contributed by atoms with E-state index in [9.17, 15) is 22.4 Å². The number of anilines is 1. The smallest absolute Gasteiger partial charge is 0.244 e. The van der Waals surface area contributed by atoms with Gasteiger partial charge < -0.3 is 19.7 Å². The molecule has 0 radical (unpaired) electrons. The van der Waals surface area contributed by atoms with Gasteiger partial charge in [-0.2, -0.15) is 0 Å². The van der Waals surface area contributed by atoms with Gasteiger partial charge in [-0.05, 0) is 57.5 Å². The van der Waals surface area contributed by atoms with E-state index in [2.05, 4.69) is 5.32 Å². The van der Waals surface area contributed by atoms with E-state index in [0.717, 1.165) is 10.6 Å². The van der Waals surface area contributed by atoms with Crippen molar-refractivity contribution in [2.24, 2.45) is 0 Å². The number of carbonyl (C=O) groups excluding carboxylic acids is 2. The van der Waals surface area contributed by atoms with Crippen molar-refractivity contribution >= 4 is 27.5 Å². The first kappa shape index (κ1) is 28.9. The standard InChI is InChI=1S/C25H34FN3O6S/c1-17(24(31)27-25(2,3)4)28(15-18-8-10-19(26)11-9-18)23(30)16-29(36(7,32)33)21-13-12-20(34-5)14-22(21)35-6/h8-14,17H,15-16H2,1-7H3,(H,27,31)/t17-/m0/s1. The predicted octanol–water partition coefficient (Wildman–Crippen LogP) is 2.94. The summed E-state index contributed by atoms with van der Waals surface area (Å²) in [5.74, 6) is -0.841. The van der Waals surface area contributed by atoms with E-state index in [1.807, 2.05) is 20.8 Å². The minimum Gasteiger partial charge on any atom is -0.497 e. The van der Waals surface area contributed by atoms with Gasteiger partial charge in [0.2, 0.25) is 21.8 Å². The third-order valence-corrected chi connectivity index (χ3v) is 6.39. The highest BCUT2D eigenvalue weighted by Crippen LogP contribution is 2.33. The molecule has 9 nitrogen and oxygen atoms in total. The van der Waals surface area contributed by atoms with Gasteiger partial charge in [-0.25, -0.2) is 12.8 Å². The van der Waals surface area contributed by atoms with Crippen LogP contribution in [0, 0.1) is 5.82 Å². The number of methoxy groups -OCH3 is 2. The number of nitrogens with one attached hydrogen (secondary N) is 1. The third-order valence-electron chi connectivity index (χ3n) is 5.27. The van der Waals surface area contributed by atoms with Gasteiger partial charge in [0.25, 0.3) is 0 Å². The lowest BCUT2D eigenvalue weighted by molar-refractivity contribution is -0.140. The van der Waals surface area contributed by atoms with Crippen molar-refractivity contribution in [3.8, 4) is 11.5 Å². The van der Waals surface area contributed by atoms with Gasteiger partial charge in [-0.15, -0.1) is 0 Å². The summed E-state index contributed by atoms with van der Waals surface area (Å²) in [6.07, 6.45) is 0.976.